The standard InChI is InChI=1S/C16H20N2O2S/c1-16(2,3)9-14(19)18-15-17-13(10-21-15)11-5-7-12(20-4)8-6-11/h5-8,10H,9H2,1-4H3,(H,17,18,19). The van der Waals surface area contributed by atoms with Crippen molar-refractivity contribution in [3.05, 3.63) is 29.6 Å². The van der Waals surface area contributed by atoms with Crippen molar-refractivity contribution in [3.63, 3.8) is 0 Å². The van der Waals surface area contributed by atoms with Crippen molar-refractivity contribution >= 4 is 22.4 Å². The molecule has 0 aliphatic rings. The van der Waals surface area contributed by atoms with Crippen LogP contribution in [0.2, 0.25) is 0 Å². The van der Waals surface area contributed by atoms with E-state index in [2.05, 4.69) is 10.3 Å². The summed E-state index contributed by atoms with van der Waals surface area (Å²) in [6.45, 7) is 6.12. The van der Waals surface area contributed by atoms with Crippen LogP contribution in [0.15, 0.2) is 29.6 Å². The van der Waals surface area contributed by atoms with Crippen molar-refractivity contribution in [1.82, 2.24) is 4.98 Å². The predicted molar refractivity (Wildman–Crippen MR) is 86.8 cm³/mol. The zero-order valence-electron chi connectivity index (χ0n) is 12.8. The van der Waals surface area contributed by atoms with Gasteiger partial charge in [0.15, 0.2) is 5.13 Å². The lowest BCUT2D eigenvalue weighted by Crippen LogP contribution is -2.19. The van der Waals surface area contributed by atoms with Gasteiger partial charge >= 0.3 is 0 Å². The van der Waals surface area contributed by atoms with Crippen LogP contribution in [0.5, 0.6) is 5.75 Å². The molecule has 0 spiro atoms. The van der Waals surface area contributed by atoms with Gasteiger partial charge in [0.25, 0.3) is 0 Å². The minimum absolute atomic E-state index is 0.00173. The number of carbonyl (C=O) groups excluding carboxylic acids is 1. The highest BCUT2D eigenvalue weighted by Gasteiger charge is 2.17. The number of ether oxygens (including phenoxy) is 1. The summed E-state index contributed by atoms with van der Waals surface area (Å²) in [6, 6.07) is 7.70. The number of amides is 1. The van der Waals surface area contributed by atoms with Crippen LogP contribution < -0.4 is 10.1 Å². The summed E-state index contributed by atoms with van der Waals surface area (Å²) in [4.78, 5) is 16.3. The second-order valence-electron chi connectivity index (χ2n) is 6.05. The Balaban J connectivity index is 2.05. The summed E-state index contributed by atoms with van der Waals surface area (Å²) >= 11 is 1.43. The van der Waals surface area contributed by atoms with Crippen molar-refractivity contribution in [2.75, 3.05) is 12.4 Å². The van der Waals surface area contributed by atoms with E-state index in [0.717, 1.165) is 17.0 Å². The van der Waals surface area contributed by atoms with Crippen LogP contribution in [0.4, 0.5) is 5.13 Å². The highest BCUT2D eigenvalue weighted by Crippen LogP contribution is 2.27. The van der Waals surface area contributed by atoms with Crippen LogP contribution in [-0.2, 0) is 4.79 Å². The molecule has 0 aliphatic carbocycles. The topological polar surface area (TPSA) is 51.2 Å². The van der Waals surface area contributed by atoms with E-state index in [0.29, 0.717) is 11.6 Å². The van der Waals surface area contributed by atoms with Gasteiger partial charge in [-0.3, -0.25) is 4.79 Å². The summed E-state index contributed by atoms with van der Waals surface area (Å²) < 4.78 is 5.13. The van der Waals surface area contributed by atoms with Gasteiger partial charge in [-0.2, -0.15) is 0 Å². The summed E-state index contributed by atoms with van der Waals surface area (Å²) in [7, 11) is 1.64. The number of nitrogens with one attached hydrogen (secondary N) is 1. The fourth-order valence-electron chi connectivity index (χ4n) is 1.87. The molecule has 0 bridgehead atoms. The van der Waals surface area contributed by atoms with Crippen LogP contribution >= 0.6 is 11.3 Å². The zero-order chi connectivity index (χ0) is 15.5. The predicted octanol–water partition coefficient (Wildman–Crippen LogP) is 4.19. The first-order valence-electron chi connectivity index (χ1n) is 6.77. The van der Waals surface area contributed by atoms with Crippen molar-refractivity contribution < 1.29 is 9.53 Å². The fraction of sp³-hybridized carbons (Fsp3) is 0.375. The summed E-state index contributed by atoms with van der Waals surface area (Å²) in [6.07, 6.45) is 0.477. The molecule has 5 heteroatoms. The number of hydrogen-bond donors (Lipinski definition) is 1. The molecular weight excluding hydrogens is 284 g/mol. The molecule has 2 aromatic rings. The van der Waals surface area contributed by atoms with Crippen LogP contribution in [0.25, 0.3) is 11.3 Å². The van der Waals surface area contributed by atoms with Gasteiger partial charge < -0.3 is 10.1 Å². The highest BCUT2D eigenvalue weighted by atomic mass is 32.1. The van der Waals surface area contributed by atoms with Gasteiger partial charge in [0.1, 0.15) is 5.75 Å². The molecule has 1 heterocycles. The molecular formula is C16H20N2O2S. The van der Waals surface area contributed by atoms with Crippen LogP contribution in [0, 0.1) is 5.41 Å². The van der Waals surface area contributed by atoms with E-state index in [1.165, 1.54) is 11.3 Å². The quantitative estimate of drug-likeness (QED) is 0.921. The van der Waals surface area contributed by atoms with E-state index in [9.17, 15) is 4.79 Å². The van der Waals surface area contributed by atoms with Gasteiger partial charge in [0, 0.05) is 17.4 Å². The molecule has 1 aromatic heterocycles. The lowest BCUT2D eigenvalue weighted by atomic mass is 9.92. The van der Waals surface area contributed by atoms with Crippen molar-refractivity contribution in [1.29, 1.82) is 0 Å². The van der Waals surface area contributed by atoms with Gasteiger partial charge in [-0.15, -0.1) is 11.3 Å². The number of anilines is 1. The van der Waals surface area contributed by atoms with Gasteiger partial charge in [0.05, 0.1) is 12.8 Å². The summed E-state index contributed by atoms with van der Waals surface area (Å²) in [5.41, 5.74) is 1.83. The smallest absolute Gasteiger partial charge is 0.226 e. The Morgan fingerprint density at radius 1 is 1.29 bits per heavy atom. The molecule has 0 aliphatic heterocycles. The van der Waals surface area contributed by atoms with E-state index < -0.39 is 0 Å². The minimum atomic E-state index is -0.0276. The van der Waals surface area contributed by atoms with Crippen molar-refractivity contribution in [3.8, 4) is 17.0 Å². The van der Waals surface area contributed by atoms with E-state index >= 15 is 0 Å². The number of aromatic nitrogens is 1. The second kappa shape index (κ2) is 6.26. The molecule has 0 atom stereocenters. The van der Waals surface area contributed by atoms with Crippen LogP contribution in [0.1, 0.15) is 27.2 Å². The van der Waals surface area contributed by atoms with Gasteiger partial charge in [-0.1, -0.05) is 20.8 Å². The normalized spacial score (nSPS) is 11.2. The molecule has 1 N–H and O–H groups in total. The molecule has 0 fully saturated rings. The van der Waals surface area contributed by atoms with E-state index in [4.69, 9.17) is 4.74 Å². The summed E-state index contributed by atoms with van der Waals surface area (Å²) in [5.74, 6) is 0.811. The average Bonchev–Trinajstić information content (AvgIpc) is 2.85. The molecule has 0 saturated heterocycles. The molecule has 112 valence electrons. The highest BCUT2D eigenvalue weighted by molar-refractivity contribution is 7.14. The van der Waals surface area contributed by atoms with Gasteiger partial charge in [0.2, 0.25) is 5.91 Å². The molecule has 1 aromatic carbocycles. The number of carbonyl (C=O) groups is 1. The Hall–Kier alpha value is -1.88. The van der Waals surface area contributed by atoms with Gasteiger partial charge in [-0.05, 0) is 29.7 Å². The molecule has 1 amide bonds. The zero-order valence-corrected chi connectivity index (χ0v) is 13.6. The third kappa shape index (κ3) is 4.56. The van der Waals surface area contributed by atoms with Gasteiger partial charge in [-0.25, -0.2) is 4.98 Å². The molecule has 2 rings (SSSR count). The lowest BCUT2D eigenvalue weighted by Gasteiger charge is -2.16. The van der Waals surface area contributed by atoms with E-state index in [1.807, 2.05) is 50.4 Å². The fourth-order valence-corrected chi connectivity index (χ4v) is 2.61. The maximum absolute atomic E-state index is 11.9. The maximum atomic E-state index is 11.9. The number of thiazole rings is 1. The average molecular weight is 304 g/mol. The minimum Gasteiger partial charge on any atom is -0.497 e. The lowest BCUT2D eigenvalue weighted by molar-refractivity contribution is -0.117. The molecule has 21 heavy (non-hydrogen) atoms. The largest absolute Gasteiger partial charge is 0.497 e. The molecule has 0 radical (unpaired) electrons. The number of rotatable bonds is 4. The molecule has 4 nitrogen and oxygen atoms in total. The molecule has 0 unspecified atom stereocenters. The first kappa shape index (κ1) is 15.5. The van der Waals surface area contributed by atoms with E-state index in [-0.39, 0.29) is 11.3 Å². The number of methoxy groups -OCH3 is 1. The van der Waals surface area contributed by atoms with Crippen LogP contribution in [0.3, 0.4) is 0 Å². The monoisotopic (exact) mass is 304 g/mol. The Bertz CT molecular complexity index is 612. The third-order valence-electron chi connectivity index (χ3n) is 2.83. The Morgan fingerprint density at radius 3 is 2.52 bits per heavy atom. The Kier molecular flexibility index (Phi) is 4.63. The number of nitrogens with zero attached hydrogens (tertiary/aromatic N) is 1. The van der Waals surface area contributed by atoms with Crippen molar-refractivity contribution in [2.45, 2.75) is 27.2 Å². The van der Waals surface area contributed by atoms with E-state index in [1.54, 1.807) is 7.11 Å². The second-order valence-corrected chi connectivity index (χ2v) is 6.91. The molecule has 0 saturated carbocycles. The SMILES string of the molecule is COc1ccc(-c2csc(NC(=O)CC(C)(C)C)n2)cc1. The maximum Gasteiger partial charge on any atom is 0.226 e. The first-order valence-corrected chi connectivity index (χ1v) is 7.65. The van der Waals surface area contributed by atoms with Crippen LogP contribution in [-0.4, -0.2) is 18.0 Å². The first-order chi connectivity index (χ1) is 9.87. The Labute approximate surface area is 129 Å². The number of hydrogen-bond acceptors (Lipinski definition) is 4. The summed E-state index contributed by atoms with van der Waals surface area (Å²) in [5, 5.41) is 5.43. The van der Waals surface area contributed by atoms with Crippen molar-refractivity contribution in [2.24, 2.45) is 5.41 Å². The third-order valence-corrected chi connectivity index (χ3v) is 3.58. The number of benzene rings is 1. The Morgan fingerprint density at radius 2 is 1.95 bits per heavy atom.